The Morgan fingerprint density at radius 3 is 2.81 bits per heavy atom. The normalized spacial score (nSPS) is 10.5. The van der Waals surface area contributed by atoms with Crippen molar-refractivity contribution in [2.24, 2.45) is 0 Å². The molecule has 27 heavy (non-hydrogen) atoms. The minimum Gasteiger partial charge on any atom is -0.464 e. The van der Waals surface area contributed by atoms with Gasteiger partial charge < -0.3 is 19.7 Å². The fraction of sp³-hybridized carbons (Fsp3) is 0.389. The average Bonchev–Trinajstić information content (AvgIpc) is 3.14. The molecule has 0 saturated carbocycles. The van der Waals surface area contributed by atoms with Gasteiger partial charge in [-0.1, -0.05) is 12.1 Å². The number of rotatable bonds is 9. The Bertz CT molecular complexity index is 769. The number of para-hydroxylation sites is 1. The SMILES string of the molecule is CCOCCCN(Cc1nc(C(=O)OC)cs1)C(=O)Nc1ccccc1Br. The molecule has 0 fully saturated rings. The minimum atomic E-state index is -0.488. The number of anilines is 1. The van der Waals surface area contributed by atoms with Gasteiger partial charge in [-0.05, 0) is 41.4 Å². The molecule has 0 aliphatic rings. The Morgan fingerprint density at radius 1 is 1.33 bits per heavy atom. The Balaban J connectivity index is 2.07. The van der Waals surface area contributed by atoms with Gasteiger partial charge in [-0.3, -0.25) is 0 Å². The summed E-state index contributed by atoms with van der Waals surface area (Å²) in [5, 5.41) is 5.19. The highest BCUT2D eigenvalue weighted by atomic mass is 79.9. The standard InChI is InChI=1S/C18H22BrN3O4S/c1-3-26-10-6-9-22(11-16-20-15(12-27-16)17(23)25-2)18(24)21-14-8-5-4-7-13(14)19/h4-5,7-8,12H,3,6,9-11H2,1-2H3,(H,21,24). The number of methoxy groups -OCH3 is 1. The number of urea groups is 1. The molecule has 146 valence electrons. The molecule has 2 aromatic rings. The summed E-state index contributed by atoms with van der Waals surface area (Å²) in [5.74, 6) is -0.488. The zero-order valence-corrected chi connectivity index (χ0v) is 17.6. The van der Waals surface area contributed by atoms with Crippen molar-refractivity contribution in [3.63, 3.8) is 0 Å². The molecule has 2 rings (SSSR count). The molecule has 1 aromatic carbocycles. The fourth-order valence-electron chi connectivity index (χ4n) is 2.26. The van der Waals surface area contributed by atoms with Crippen LogP contribution in [0.5, 0.6) is 0 Å². The molecule has 0 atom stereocenters. The van der Waals surface area contributed by atoms with Crippen LogP contribution in [0.25, 0.3) is 0 Å². The number of thiazole rings is 1. The molecule has 0 unspecified atom stereocenters. The molecule has 7 nitrogen and oxygen atoms in total. The lowest BCUT2D eigenvalue weighted by Crippen LogP contribution is -2.35. The predicted octanol–water partition coefficient (Wildman–Crippen LogP) is 4.15. The van der Waals surface area contributed by atoms with E-state index >= 15 is 0 Å². The average molecular weight is 456 g/mol. The van der Waals surface area contributed by atoms with Gasteiger partial charge in [-0.2, -0.15) is 0 Å². The third-order valence-electron chi connectivity index (χ3n) is 3.60. The number of amides is 2. The van der Waals surface area contributed by atoms with Crippen molar-refractivity contribution in [1.29, 1.82) is 0 Å². The lowest BCUT2D eigenvalue weighted by Gasteiger charge is -2.22. The Morgan fingerprint density at radius 2 is 2.11 bits per heavy atom. The maximum atomic E-state index is 12.8. The van der Waals surface area contributed by atoms with Crippen LogP contribution in [-0.4, -0.2) is 48.8 Å². The van der Waals surface area contributed by atoms with E-state index in [9.17, 15) is 9.59 Å². The van der Waals surface area contributed by atoms with E-state index in [1.54, 1.807) is 10.3 Å². The quantitative estimate of drug-likeness (QED) is 0.453. The van der Waals surface area contributed by atoms with Crippen LogP contribution in [0.1, 0.15) is 28.8 Å². The van der Waals surface area contributed by atoms with E-state index < -0.39 is 5.97 Å². The number of ether oxygens (including phenoxy) is 2. The van der Waals surface area contributed by atoms with E-state index in [1.807, 2.05) is 31.2 Å². The minimum absolute atomic E-state index is 0.242. The van der Waals surface area contributed by atoms with E-state index in [-0.39, 0.29) is 11.7 Å². The van der Waals surface area contributed by atoms with E-state index in [0.717, 1.165) is 4.47 Å². The van der Waals surface area contributed by atoms with Gasteiger partial charge in [0.05, 0.1) is 19.3 Å². The molecule has 1 heterocycles. The van der Waals surface area contributed by atoms with Gasteiger partial charge in [-0.25, -0.2) is 14.6 Å². The molecule has 0 radical (unpaired) electrons. The van der Waals surface area contributed by atoms with Crippen LogP contribution in [0, 0.1) is 0 Å². The van der Waals surface area contributed by atoms with E-state index in [1.165, 1.54) is 18.4 Å². The van der Waals surface area contributed by atoms with E-state index in [0.29, 0.717) is 43.4 Å². The highest BCUT2D eigenvalue weighted by Gasteiger charge is 2.18. The summed E-state index contributed by atoms with van der Waals surface area (Å²) in [6.07, 6.45) is 0.701. The molecule has 9 heteroatoms. The van der Waals surface area contributed by atoms with Crippen LogP contribution < -0.4 is 5.32 Å². The Hall–Kier alpha value is -1.97. The third-order valence-corrected chi connectivity index (χ3v) is 5.12. The number of nitrogens with one attached hydrogen (secondary N) is 1. The van der Waals surface area contributed by atoms with Crippen LogP contribution >= 0.6 is 27.3 Å². The molecular formula is C18H22BrN3O4S. The van der Waals surface area contributed by atoms with Crippen LogP contribution in [0.2, 0.25) is 0 Å². The van der Waals surface area contributed by atoms with Crippen molar-refractivity contribution < 1.29 is 19.1 Å². The summed E-state index contributed by atoms with van der Waals surface area (Å²) < 4.78 is 10.8. The van der Waals surface area contributed by atoms with E-state index in [2.05, 4.69) is 31.0 Å². The number of carbonyl (C=O) groups is 2. The van der Waals surface area contributed by atoms with Crippen molar-refractivity contribution in [1.82, 2.24) is 9.88 Å². The van der Waals surface area contributed by atoms with Gasteiger partial charge in [0.15, 0.2) is 5.69 Å². The third kappa shape index (κ3) is 6.60. The van der Waals surface area contributed by atoms with Crippen molar-refractivity contribution >= 4 is 45.0 Å². The molecule has 1 aromatic heterocycles. The van der Waals surface area contributed by atoms with Crippen molar-refractivity contribution in [2.75, 3.05) is 32.2 Å². The van der Waals surface area contributed by atoms with Crippen molar-refractivity contribution in [3.05, 3.63) is 44.8 Å². The predicted molar refractivity (Wildman–Crippen MR) is 108 cm³/mol. The first kappa shape index (κ1) is 21.3. The van der Waals surface area contributed by atoms with Crippen LogP contribution in [-0.2, 0) is 16.0 Å². The first-order valence-corrected chi connectivity index (χ1v) is 10.1. The molecular weight excluding hydrogens is 434 g/mol. The lowest BCUT2D eigenvalue weighted by molar-refractivity contribution is 0.0594. The molecule has 1 N–H and O–H groups in total. The van der Waals surface area contributed by atoms with Crippen LogP contribution in [0.15, 0.2) is 34.1 Å². The summed E-state index contributed by atoms with van der Waals surface area (Å²) in [5.41, 5.74) is 0.935. The van der Waals surface area contributed by atoms with Crippen LogP contribution in [0.4, 0.5) is 10.5 Å². The smallest absolute Gasteiger partial charge is 0.357 e. The Kier molecular flexibility index (Phi) is 8.70. The number of hydrogen-bond acceptors (Lipinski definition) is 6. The topological polar surface area (TPSA) is 80.8 Å². The molecule has 0 spiro atoms. The van der Waals surface area contributed by atoms with Crippen molar-refractivity contribution in [2.45, 2.75) is 19.9 Å². The van der Waals surface area contributed by atoms with E-state index in [4.69, 9.17) is 4.74 Å². The molecule has 0 aliphatic carbocycles. The zero-order valence-electron chi connectivity index (χ0n) is 15.2. The zero-order chi connectivity index (χ0) is 19.6. The second kappa shape index (κ2) is 11.0. The number of esters is 1. The number of benzene rings is 1. The fourth-order valence-corrected chi connectivity index (χ4v) is 3.42. The molecule has 2 amide bonds. The number of aromatic nitrogens is 1. The number of halogens is 1. The first-order valence-electron chi connectivity index (χ1n) is 8.46. The lowest BCUT2D eigenvalue weighted by atomic mass is 10.3. The van der Waals surface area contributed by atoms with Gasteiger partial charge in [0.2, 0.25) is 0 Å². The summed E-state index contributed by atoms with van der Waals surface area (Å²) >= 11 is 4.74. The maximum absolute atomic E-state index is 12.8. The largest absolute Gasteiger partial charge is 0.464 e. The summed E-state index contributed by atoms with van der Waals surface area (Å²) in [6.45, 7) is 3.94. The summed E-state index contributed by atoms with van der Waals surface area (Å²) in [4.78, 5) is 30.2. The van der Waals surface area contributed by atoms with Gasteiger partial charge in [0, 0.05) is 29.6 Å². The summed E-state index contributed by atoms with van der Waals surface area (Å²) in [7, 11) is 1.31. The van der Waals surface area contributed by atoms with Gasteiger partial charge in [0.25, 0.3) is 0 Å². The highest BCUT2D eigenvalue weighted by molar-refractivity contribution is 9.10. The monoisotopic (exact) mass is 455 g/mol. The number of carbonyl (C=O) groups excluding carboxylic acids is 2. The molecule has 0 saturated heterocycles. The molecule has 0 aliphatic heterocycles. The second-order valence-corrected chi connectivity index (χ2v) is 7.30. The molecule has 0 bridgehead atoms. The van der Waals surface area contributed by atoms with Gasteiger partial charge in [0.1, 0.15) is 5.01 Å². The van der Waals surface area contributed by atoms with Crippen molar-refractivity contribution in [3.8, 4) is 0 Å². The second-order valence-electron chi connectivity index (χ2n) is 5.50. The number of hydrogen-bond donors (Lipinski definition) is 1. The first-order chi connectivity index (χ1) is 13.0. The van der Waals surface area contributed by atoms with Gasteiger partial charge in [-0.15, -0.1) is 11.3 Å². The maximum Gasteiger partial charge on any atom is 0.357 e. The Labute approximate surface area is 170 Å². The van der Waals surface area contributed by atoms with Crippen LogP contribution in [0.3, 0.4) is 0 Å². The number of nitrogens with zero attached hydrogens (tertiary/aromatic N) is 2. The highest BCUT2D eigenvalue weighted by Crippen LogP contribution is 2.22. The summed E-state index contributed by atoms with van der Waals surface area (Å²) in [6, 6.07) is 7.16. The van der Waals surface area contributed by atoms with Gasteiger partial charge >= 0.3 is 12.0 Å².